The summed E-state index contributed by atoms with van der Waals surface area (Å²) >= 11 is 0. The fourth-order valence-corrected chi connectivity index (χ4v) is 1.81. The zero-order valence-electron chi connectivity index (χ0n) is 10.5. The van der Waals surface area contributed by atoms with Crippen LogP contribution in [0.25, 0.3) is 0 Å². The molecule has 0 aliphatic carbocycles. The molecule has 0 aromatic carbocycles. The zero-order valence-corrected chi connectivity index (χ0v) is 10.5. The van der Waals surface area contributed by atoms with Crippen LogP contribution in [0, 0.1) is 0 Å². The van der Waals surface area contributed by atoms with E-state index in [0.717, 1.165) is 19.4 Å². The maximum atomic E-state index is 11.0. The summed E-state index contributed by atoms with van der Waals surface area (Å²) in [6.07, 6.45) is 2.52. The molecular weight excluding hydrogens is 234 g/mol. The maximum absolute atomic E-state index is 11.0. The number of carbonyl (C=O) groups is 1. The van der Waals surface area contributed by atoms with E-state index in [-0.39, 0.29) is 11.9 Å². The molecule has 0 spiro atoms. The number of amides is 1. The van der Waals surface area contributed by atoms with Gasteiger partial charge in [0.15, 0.2) is 0 Å². The smallest absolute Gasteiger partial charge is 0.315 e. The molecule has 0 bridgehead atoms. The largest absolute Gasteiger partial charge is 0.407 e. The van der Waals surface area contributed by atoms with Crippen molar-refractivity contribution in [1.82, 2.24) is 20.8 Å². The summed E-state index contributed by atoms with van der Waals surface area (Å²) in [6.45, 7) is 4.24. The summed E-state index contributed by atoms with van der Waals surface area (Å²) < 4.78 is 5.41. The second-order valence-corrected chi connectivity index (χ2v) is 4.36. The van der Waals surface area contributed by atoms with E-state index in [1.807, 2.05) is 0 Å². The molecule has 1 saturated heterocycles. The number of anilines is 1. The van der Waals surface area contributed by atoms with Crippen molar-refractivity contribution in [3.63, 3.8) is 0 Å². The van der Waals surface area contributed by atoms with E-state index in [0.29, 0.717) is 31.4 Å². The second kappa shape index (κ2) is 6.34. The van der Waals surface area contributed by atoms with E-state index in [4.69, 9.17) is 4.42 Å². The van der Waals surface area contributed by atoms with E-state index >= 15 is 0 Å². The number of hydrogen-bond acceptors (Lipinski definition) is 6. The number of nitrogens with zero attached hydrogens (tertiary/aromatic N) is 2. The van der Waals surface area contributed by atoms with Crippen molar-refractivity contribution in [2.75, 3.05) is 18.4 Å². The van der Waals surface area contributed by atoms with Gasteiger partial charge in [-0.05, 0) is 19.4 Å². The molecular formula is C11H19N5O2. The Balaban J connectivity index is 1.71. The quantitative estimate of drug-likeness (QED) is 0.604. The summed E-state index contributed by atoms with van der Waals surface area (Å²) in [5, 5.41) is 16.9. The van der Waals surface area contributed by atoms with Gasteiger partial charge in [-0.1, -0.05) is 12.0 Å². The van der Waals surface area contributed by atoms with Gasteiger partial charge < -0.3 is 20.4 Å². The topological polar surface area (TPSA) is 92.1 Å². The normalized spacial score (nSPS) is 18.9. The van der Waals surface area contributed by atoms with Crippen LogP contribution >= 0.6 is 0 Å². The highest BCUT2D eigenvalue weighted by Gasteiger charge is 2.20. The highest BCUT2D eigenvalue weighted by atomic mass is 16.4. The van der Waals surface area contributed by atoms with E-state index in [9.17, 15) is 4.79 Å². The molecule has 7 nitrogen and oxygen atoms in total. The van der Waals surface area contributed by atoms with Crippen molar-refractivity contribution in [3.8, 4) is 0 Å². The summed E-state index contributed by atoms with van der Waals surface area (Å²) in [4.78, 5) is 11.0. The van der Waals surface area contributed by atoms with Crippen LogP contribution in [0.15, 0.2) is 4.42 Å². The van der Waals surface area contributed by atoms with Crippen LogP contribution in [0.4, 0.5) is 6.01 Å². The van der Waals surface area contributed by atoms with E-state index in [1.165, 1.54) is 0 Å². The number of carbonyl (C=O) groups excluding carboxylic acids is 1. The van der Waals surface area contributed by atoms with Crippen molar-refractivity contribution < 1.29 is 9.21 Å². The standard InChI is InChI=1S/C11H19N5O2/c1-2-5-12-7-10-15-16-11(18-10)13-6-8-3-4-9(17)14-8/h8,12H,2-7H2,1H3,(H,13,16)(H,14,17). The molecule has 1 aromatic rings. The van der Waals surface area contributed by atoms with Crippen molar-refractivity contribution in [2.24, 2.45) is 0 Å². The summed E-state index contributed by atoms with van der Waals surface area (Å²) in [6, 6.07) is 0.565. The number of aromatic nitrogens is 2. The minimum Gasteiger partial charge on any atom is -0.407 e. The fraction of sp³-hybridized carbons (Fsp3) is 0.727. The Morgan fingerprint density at radius 2 is 2.39 bits per heavy atom. The van der Waals surface area contributed by atoms with Gasteiger partial charge in [0, 0.05) is 19.0 Å². The van der Waals surface area contributed by atoms with Gasteiger partial charge in [-0.15, -0.1) is 5.10 Å². The first kappa shape index (κ1) is 12.8. The Kier molecular flexibility index (Phi) is 4.52. The highest BCUT2D eigenvalue weighted by Crippen LogP contribution is 2.09. The van der Waals surface area contributed by atoms with Crippen LogP contribution in [-0.4, -0.2) is 35.2 Å². The number of hydrogen-bond donors (Lipinski definition) is 3. The summed E-state index contributed by atoms with van der Waals surface area (Å²) in [7, 11) is 0. The predicted molar refractivity (Wildman–Crippen MR) is 66.0 cm³/mol. The Morgan fingerprint density at radius 1 is 1.50 bits per heavy atom. The lowest BCUT2D eigenvalue weighted by Gasteiger charge is -2.08. The highest BCUT2D eigenvalue weighted by molar-refractivity contribution is 5.78. The molecule has 3 N–H and O–H groups in total. The lowest BCUT2D eigenvalue weighted by atomic mass is 10.2. The van der Waals surface area contributed by atoms with Gasteiger partial charge in [-0.2, -0.15) is 0 Å². The Bertz CT molecular complexity index is 393. The SMILES string of the molecule is CCCNCc1nnc(NCC2CCC(=O)N2)o1. The molecule has 0 saturated carbocycles. The summed E-state index contributed by atoms with van der Waals surface area (Å²) in [5.41, 5.74) is 0. The molecule has 1 aromatic heterocycles. The lowest BCUT2D eigenvalue weighted by Crippen LogP contribution is -2.31. The zero-order chi connectivity index (χ0) is 12.8. The Morgan fingerprint density at radius 3 is 3.11 bits per heavy atom. The van der Waals surface area contributed by atoms with Gasteiger partial charge in [0.1, 0.15) is 0 Å². The first-order chi connectivity index (χ1) is 8.78. The van der Waals surface area contributed by atoms with Gasteiger partial charge in [-0.3, -0.25) is 4.79 Å². The van der Waals surface area contributed by atoms with Crippen LogP contribution in [0.3, 0.4) is 0 Å². The predicted octanol–water partition coefficient (Wildman–Crippen LogP) is 0.260. The minimum atomic E-state index is 0.108. The van der Waals surface area contributed by atoms with Crippen LogP contribution in [0.5, 0.6) is 0 Å². The van der Waals surface area contributed by atoms with Crippen molar-refractivity contribution >= 4 is 11.9 Å². The fourth-order valence-electron chi connectivity index (χ4n) is 1.81. The third-order valence-electron chi connectivity index (χ3n) is 2.75. The van der Waals surface area contributed by atoms with Crippen molar-refractivity contribution in [2.45, 2.75) is 38.8 Å². The van der Waals surface area contributed by atoms with Crippen LogP contribution < -0.4 is 16.0 Å². The first-order valence-corrected chi connectivity index (χ1v) is 6.34. The van der Waals surface area contributed by atoms with Gasteiger partial charge in [0.2, 0.25) is 11.8 Å². The van der Waals surface area contributed by atoms with Gasteiger partial charge in [0.25, 0.3) is 0 Å². The van der Waals surface area contributed by atoms with Crippen LogP contribution in [-0.2, 0) is 11.3 Å². The van der Waals surface area contributed by atoms with Gasteiger partial charge in [0.05, 0.1) is 6.54 Å². The molecule has 1 fully saturated rings. The van der Waals surface area contributed by atoms with Crippen molar-refractivity contribution in [3.05, 3.63) is 5.89 Å². The minimum absolute atomic E-state index is 0.108. The lowest BCUT2D eigenvalue weighted by molar-refractivity contribution is -0.119. The maximum Gasteiger partial charge on any atom is 0.315 e. The second-order valence-electron chi connectivity index (χ2n) is 4.36. The van der Waals surface area contributed by atoms with Crippen LogP contribution in [0.2, 0.25) is 0 Å². The molecule has 1 atom stereocenters. The first-order valence-electron chi connectivity index (χ1n) is 6.34. The van der Waals surface area contributed by atoms with E-state index < -0.39 is 0 Å². The molecule has 1 amide bonds. The molecule has 2 rings (SSSR count). The molecule has 1 unspecified atom stereocenters. The molecule has 0 radical (unpaired) electrons. The molecule has 1 aliphatic rings. The van der Waals surface area contributed by atoms with Gasteiger partial charge >= 0.3 is 6.01 Å². The number of rotatable bonds is 7. The van der Waals surface area contributed by atoms with E-state index in [1.54, 1.807) is 0 Å². The molecule has 2 heterocycles. The summed E-state index contributed by atoms with van der Waals surface area (Å²) in [5.74, 6) is 0.679. The molecule has 7 heteroatoms. The molecule has 1 aliphatic heterocycles. The third kappa shape index (κ3) is 3.69. The average molecular weight is 253 g/mol. The molecule has 100 valence electrons. The van der Waals surface area contributed by atoms with E-state index in [2.05, 4.69) is 33.1 Å². The number of nitrogens with one attached hydrogen (secondary N) is 3. The van der Waals surface area contributed by atoms with Gasteiger partial charge in [-0.25, -0.2) is 0 Å². The van der Waals surface area contributed by atoms with Crippen molar-refractivity contribution in [1.29, 1.82) is 0 Å². The Hall–Kier alpha value is -1.63. The third-order valence-corrected chi connectivity index (χ3v) is 2.75. The average Bonchev–Trinajstić information content (AvgIpc) is 2.96. The monoisotopic (exact) mass is 253 g/mol. The molecule has 18 heavy (non-hydrogen) atoms. The van der Waals surface area contributed by atoms with Crippen LogP contribution in [0.1, 0.15) is 32.1 Å². The Labute approximate surface area is 106 Å².